The lowest BCUT2D eigenvalue weighted by molar-refractivity contribution is -0.216. The average molecular weight is 366 g/mol. The van der Waals surface area contributed by atoms with E-state index in [1.54, 1.807) is 24.3 Å². The van der Waals surface area contributed by atoms with Gasteiger partial charge < -0.3 is 9.47 Å². The molecule has 0 bridgehead atoms. The standard InChI is InChI=1S/C19H17F3O4/c1-13(19(20,21)22)25-17(23)11-12-18(24)26-16-9-7-15(8-10-16)14-5-3-2-4-6-14/h2-10,13H,11-12H2,1H3. The second-order valence-electron chi connectivity index (χ2n) is 5.54. The summed E-state index contributed by atoms with van der Waals surface area (Å²) in [5, 5.41) is 0. The van der Waals surface area contributed by atoms with Crippen LogP contribution in [0.15, 0.2) is 54.6 Å². The second kappa shape index (κ2) is 8.51. The zero-order valence-corrected chi connectivity index (χ0v) is 14.0. The van der Waals surface area contributed by atoms with E-state index in [0.717, 1.165) is 18.1 Å². The zero-order chi connectivity index (χ0) is 19.2. The van der Waals surface area contributed by atoms with Gasteiger partial charge in [-0.25, -0.2) is 0 Å². The minimum Gasteiger partial charge on any atom is -0.453 e. The highest BCUT2D eigenvalue weighted by Gasteiger charge is 2.39. The molecule has 0 saturated heterocycles. The van der Waals surface area contributed by atoms with E-state index in [-0.39, 0.29) is 12.2 Å². The summed E-state index contributed by atoms with van der Waals surface area (Å²) < 4.78 is 46.1. The molecule has 0 aliphatic rings. The van der Waals surface area contributed by atoms with Crippen LogP contribution in [0.25, 0.3) is 11.1 Å². The minimum atomic E-state index is -4.63. The summed E-state index contributed by atoms with van der Waals surface area (Å²) in [6, 6.07) is 16.3. The minimum absolute atomic E-state index is 0.284. The van der Waals surface area contributed by atoms with E-state index in [9.17, 15) is 22.8 Å². The molecule has 0 aliphatic carbocycles. The van der Waals surface area contributed by atoms with Gasteiger partial charge in [0.2, 0.25) is 0 Å². The summed E-state index contributed by atoms with van der Waals surface area (Å²) in [4.78, 5) is 23.0. The fourth-order valence-electron chi connectivity index (χ4n) is 2.06. The van der Waals surface area contributed by atoms with Gasteiger partial charge in [-0.3, -0.25) is 9.59 Å². The van der Waals surface area contributed by atoms with E-state index < -0.39 is 30.6 Å². The number of ether oxygens (including phenoxy) is 2. The first-order valence-electron chi connectivity index (χ1n) is 7.88. The van der Waals surface area contributed by atoms with Gasteiger partial charge in [-0.05, 0) is 30.2 Å². The van der Waals surface area contributed by atoms with Crippen LogP contribution in [-0.4, -0.2) is 24.2 Å². The third-order valence-corrected chi connectivity index (χ3v) is 3.50. The van der Waals surface area contributed by atoms with Crippen molar-refractivity contribution in [3.63, 3.8) is 0 Å². The van der Waals surface area contributed by atoms with Gasteiger partial charge >= 0.3 is 18.1 Å². The highest BCUT2D eigenvalue weighted by Crippen LogP contribution is 2.24. The van der Waals surface area contributed by atoms with E-state index in [0.29, 0.717) is 0 Å². The van der Waals surface area contributed by atoms with Crippen LogP contribution in [0.4, 0.5) is 13.2 Å². The van der Waals surface area contributed by atoms with Crippen LogP contribution in [0.2, 0.25) is 0 Å². The van der Waals surface area contributed by atoms with Crippen molar-refractivity contribution in [2.24, 2.45) is 0 Å². The Kier molecular flexibility index (Phi) is 6.38. The summed E-state index contributed by atoms with van der Waals surface area (Å²) in [6.45, 7) is 0.727. The van der Waals surface area contributed by atoms with Crippen LogP contribution in [0.5, 0.6) is 5.75 Å². The summed E-state index contributed by atoms with van der Waals surface area (Å²) in [5.74, 6) is -1.55. The molecule has 0 amide bonds. The highest BCUT2D eigenvalue weighted by molar-refractivity contribution is 5.79. The van der Waals surface area contributed by atoms with Crippen LogP contribution >= 0.6 is 0 Å². The van der Waals surface area contributed by atoms with Crippen LogP contribution in [0.3, 0.4) is 0 Å². The number of carbonyl (C=O) groups excluding carboxylic acids is 2. The molecule has 0 saturated carbocycles. The molecule has 26 heavy (non-hydrogen) atoms. The molecule has 0 N–H and O–H groups in total. The van der Waals surface area contributed by atoms with Crippen molar-refractivity contribution in [3.8, 4) is 16.9 Å². The van der Waals surface area contributed by atoms with Crippen LogP contribution in [-0.2, 0) is 14.3 Å². The number of benzene rings is 2. The van der Waals surface area contributed by atoms with Crippen molar-refractivity contribution in [2.75, 3.05) is 0 Å². The molecule has 0 spiro atoms. The fourth-order valence-corrected chi connectivity index (χ4v) is 2.06. The molecular weight excluding hydrogens is 349 g/mol. The van der Waals surface area contributed by atoms with Gasteiger partial charge in [0, 0.05) is 0 Å². The number of hydrogen-bond acceptors (Lipinski definition) is 4. The second-order valence-corrected chi connectivity index (χ2v) is 5.54. The van der Waals surface area contributed by atoms with E-state index in [1.807, 2.05) is 30.3 Å². The summed E-state index contributed by atoms with van der Waals surface area (Å²) in [7, 11) is 0. The van der Waals surface area contributed by atoms with Crippen molar-refractivity contribution in [1.29, 1.82) is 0 Å². The van der Waals surface area contributed by atoms with Crippen LogP contribution in [0.1, 0.15) is 19.8 Å². The smallest absolute Gasteiger partial charge is 0.425 e. The molecular formula is C19H17F3O4. The Morgan fingerprint density at radius 2 is 1.42 bits per heavy atom. The van der Waals surface area contributed by atoms with Gasteiger partial charge in [-0.2, -0.15) is 13.2 Å². The van der Waals surface area contributed by atoms with Gasteiger partial charge in [0.1, 0.15) is 5.75 Å². The number of carbonyl (C=O) groups is 2. The average Bonchev–Trinajstić information content (AvgIpc) is 2.60. The maximum absolute atomic E-state index is 12.3. The Morgan fingerprint density at radius 1 is 0.885 bits per heavy atom. The lowest BCUT2D eigenvalue weighted by Gasteiger charge is -2.16. The number of esters is 2. The van der Waals surface area contributed by atoms with Gasteiger partial charge in [-0.1, -0.05) is 42.5 Å². The Hall–Kier alpha value is -2.83. The Morgan fingerprint density at radius 3 is 2.00 bits per heavy atom. The fraction of sp³-hybridized carbons (Fsp3) is 0.263. The molecule has 0 aromatic heterocycles. The summed E-state index contributed by atoms with van der Waals surface area (Å²) in [6.07, 6.45) is -7.70. The normalized spacial score (nSPS) is 12.3. The van der Waals surface area contributed by atoms with Crippen LogP contribution in [0, 0.1) is 0 Å². The highest BCUT2D eigenvalue weighted by atomic mass is 19.4. The monoisotopic (exact) mass is 366 g/mol. The SMILES string of the molecule is CC(OC(=O)CCC(=O)Oc1ccc(-c2ccccc2)cc1)C(F)(F)F. The predicted molar refractivity (Wildman–Crippen MR) is 88.4 cm³/mol. The molecule has 4 nitrogen and oxygen atoms in total. The third-order valence-electron chi connectivity index (χ3n) is 3.50. The zero-order valence-electron chi connectivity index (χ0n) is 14.0. The van der Waals surface area contributed by atoms with Crippen LogP contribution < -0.4 is 4.74 Å². The van der Waals surface area contributed by atoms with Crippen molar-refractivity contribution in [1.82, 2.24) is 0 Å². The maximum atomic E-state index is 12.3. The van der Waals surface area contributed by atoms with Gasteiger partial charge in [-0.15, -0.1) is 0 Å². The van der Waals surface area contributed by atoms with Gasteiger partial charge in [0.05, 0.1) is 12.8 Å². The van der Waals surface area contributed by atoms with E-state index in [4.69, 9.17) is 4.74 Å². The van der Waals surface area contributed by atoms with E-state index >= 15 is 0 Å². The molecule has 138 valence electrons. The third kappa shape index (κ3) is 5.91. The van der Waals surface area contributed by atoms with Crippen molar-refractivity contribution in [2.45, 2.75) is 32.0 Å². The van der Waals surface area contributed by atoms with Gasteiger partial charge in [0.15, 0.2) is 6.10 Å². The quantitative estimate of drug-likeness (QED) is 0.557. The molecule has 1 atom stereocenters. The molecule has 0 radical (unpaired) electrons. The van der Waals surface area contributed by atoms with Crippen molar-refractivity contribution >= 4 is 11.9 Å². The maximum Gasteiger partial charge on any atom is 0.425 e. The summed E-state index contributed by atoms with van der Waals surface area (Å²) in [5.41, 5.74) is 1.95. The van der Waals surface area contributed by atoms with Crippen molar-refractivity contribution < 1.29 is 32.2 Å². The first-order valence-corrected chi connectivity index (χ1v) is 7.88. The Bertz CT molecular complexity index is 740. The molecule has 2 rings (SSSR count). The summed E-state index contributed by atoms with van der Waals surface area (Å²) >= 11 is 0. The first kappa shape index (κ1) is 19.5. The molecule has 2 aromatic carbocycles. The predicted octanol–water partition coefficient (Wildman–Crippen LogP) is 4.53. The Labute approximate surface area is 148 Å². The van der Waals surface area contributed by atoms with E-state index in [2.05, 4.69) is 4.74 Å². The molecule has 7 heteroatoms. The number of hydrogen-bond donors (Lipinski definition) is 0. The topological polar surface area (TPSA) is 52.6 Å². The van der Waals surface area contributed by atoms with Gasteiger partial charge in [0.25, 0.3) is 0 Å². The molecule has 2 aromatic rings. The largest absolute Gasteiger partial charge is 0.453 e. The lowest BCUT2D eigenvalue weighted by atomic mass is 10.1. The molecule has 1 unspecified atom stereocenters. The molecule has 0 fully saturated rings. The molecule has 0 heterocycles. The number of rotatable bonds is 6. The number of alkyl halides is 3. The first-order chi connectivity index (χ1) is 12.3. The Balaban J connectivity index is 1.82. The lowest BCUT2D eigenvalue weighted by Crippen LogP contribution is -2.31. The number of halogens is 3. The van der Waals surface area contributed by atoms with E-state index in [1.165, 1.54) is 0 Å². The molecule has 0 aliphatic heterocycles. The van der Waals surface area contributed by atoms with Crippen molar-refractivity contribution in [3.05, 3.63) is 54.6 Å².